The van der Waals surface area contributed by atoms with Crippen LogP contribution in [0, 0.1) is 6.92 Å². The Balaban J connectivity index is 2.16. The lowest BCUT2D eigenvalue weighted by atomic mass is 10.1. The van der Waals surface area contributed by atoms with Crippen LogP contribution in [-0.4, -0.2) is 27.3 Å². The molecule has 2 heterocycles. The van der Waals surface area contributed by atoms with Crippen LogP contribution in [0.2, 0.25) is 0 Å². The van der Waals surface area contributed by atoms with Crippen molar-refractivity contribution in [1.29, 1.82) is 0 Å². The van der Waals surface area contributed by atoms with E-state index in [4.69, 9.17) is 27.7 Å². The maximum atomic E-state index is 11.5. The predicted molar refractivity (Wildman–Crippen MR) is 55.9 cm³/mol. The lowest BCUT2D eigenvalue weighted by molar-refractivity contribution is -0.130. The van der Waals surface area contributed by atoms with Gasteiger partial charge in [-0.25, -0.2) is 0 Å². The van der Waals surface area contributed by atoms with E-state index in [2.05, 4.69) is 5.16 Å². The molecule has 82 valence electrons. The second-order valence-corrected chi connectivity index (χ2v) is 4.58. The van der Waals surface area contributed by atoms with Crippen LogP contribution in [0.4, 0.5) is 0 Å². The molecule has 0 atom stereocenters. The highest BCUT2D eigenvalue weighted by atomic mass is 35.5. The van der Waals surface area contributed by atoms with Crippen molar-refractivity contribution in [3.63, 3.8) is 0 Å². The van der Waals surface area contributed by atoms with Crippen molar-refractivity contribution in [2.45, 2.75) is 24.7 Å². The number of carbonyl (C=O) groups is 1. The second-order valence-electron chi connectivity index (χ2n) is 3.48. The molecule has 4 nitrogen and oxygen atoms in total. The average molecular weight is 249 g/mol. The number of fused-ring (bicyclic) bond motifs is 1. The van der Waals surface area contributed by atoms with Gasteiger partial charge >= 0.3 is 0 Å². The molecule has 6 heteroatoms. The Morgan fingerprint density at radius 1 is 1.60 bits per heavy atom. The minimum absolute atomic E-state index is 0.280. The molecule has 0 unspecified atom stereocenters. The lowest BCUT2D eigenvalue weighted by Gasteiger charge is -2.25. The summed E-state index contributed by atoms with van der Waals surface area (Å²) in [5, 5.41) is 3.86. The van der Waals surface area contributed by atoms with Gasteiger partial charge in [0.15, 0.2) is 10.6 Å². The van der Waals surface area contributed by atoms with E-state index in [-0.39, 0.29) is 5.91 Å². The maximum Gasteiger partial charge on any atom is 0.256 e. The molecule has 0 spiro atoms. The SMILES string of the molecule is Cc1noc2c1CCN(C(=O)C(Cl)Cl)C2. The van der Waals surface area contributed by atoms with Crippen LogP contribution in [0.3, 0.4) is 0 Å². The van der Waals surface area contributed by atoms with E-state index in [0.29, 0.717) is 13.1 Å². The molecular weight excluding hydrogens is 239 g/mol. The van der Waals surface area contributed by atoms with Gasteiger partial charge in [-0.05, 0) is 13.3 Å². The molecule has 0 radical (unpaired) electrons. The molecule has 0 bridgehead atoms. The van der Waals surface area contributed by atoms with Gasteiger partial charge in [0.2, 0.25) is 0 Å². The zero-order valence-electron chi connectivity index (χ0n) is 8.17. The van der Waals surface area contributed by atoms with Crippen LogP contribution in [-0.2, 0) is 17.8 Å². The maximum absolute atomic E-state index is 11.5. The fraction of sp³-hybridized carbons (Fsp3) is 0.556. The normalized spacial score (nSPS) is 15.6. The minimum Gasteiger partial charge on any atom is -0.359 e. The molecule has 1 amide bonds. The third kappa shape index (κ3) is 1.96. The molecule has 15 heavy (non-hydrogen) atoms. The Morgan fingerprint density at radius 3 is 3.00 bits per heavy atom. The van der Waals surface area contributed by atoms with Crippen LogP contribution in [0.25, 0.3) is 0 Å². The van der Waals surface area contributed by atoms with E-state index in [0.717, 1.165) is 23.4 Å². The molecule has 0 aromatic carbocycles. The van der Waals surface area contributed by atoms with Gasteiger partial charge in [-0.3, -0.25) is 4.79 Å². The van der Waals surface area contributed by atoms with Crippen molar-refractivity contribution in [2.75, 3.05) is 6.54 Å². The number of hydrogen-bond donors (Lipinski definition) is 0. The van der Waals surface area contributed by atoms with Crippen LogP contribution in [0.15, 0.2) is 4.52 Å². The monoisotopic (exact) mass is 248 g/mol. The van der Waals surface area contributed by atoms with Crippen LogP contribution >= 0.6 is 23.2 Å². The first-order chi connectivity index (χ1) is 7.09. The first kappa shape index (κ1) is 10.8. The number of halogens is 2. The number of hydrogen-bond acceptors (Lipinski definition) is 3. The highest BCUT2D eigenvalue weighted by Crippen LogP contribution is 2.23. The van der Waals surface area contributed by atoms with E-state index < -0.39 is 4.84 Å². The Kier molecular flexibility index (Phi) is 2.89. The molecule has 1 aromatic rings. The second kappa shape index (κ2) is 4.02. The van der Waals surface area contributed by atoms with Gasteiger partial charge in [0, 0.05) is 12.1 Å². The Hall–Kier alpha value is -0.740. The van der Waals surface area contributed by atoms with Crippen LogP contribution < -0.4 is 0 Å². The molecule has 1 aliphatic rings. The van der Waals surface area contributed by atoms with Crippen LogP contribution in [0.1, 0.15) is 17.0 Å². The first-order valence-corrected chi connectivity index (χ1v) is 5.48. The van der Waals surface area contributed by atoms with E-state index in [1.54, 1.807) is 4.90 Å². The number of amides is 1. The summed E-state index contributed by atoms with van der Waals surface area (Å²) in [5.41, 5.74) is 1.99. The summed E-state index contributed by atoms with van der Waals surface area (Å²) < 4.78 is 5.12. The molecule has 0 saturated heterocycles. The summed E-state index contributed by atoms with van der Waals surface area (Å²) in [7, 11) is 0. The topological polar surface area (TPSA) is 46.3 Å². The Labute approximate surface area is 97.1 Å². The number of aromatic nitrogens is 1. The number of alkyl halides is 2. The van der Waals surface area contributed by atoms with Gasteiger partial charge in [0.1, 0.15) is 0 Å². The Bertz CT molecular complexity index is 389. The molecule has 0 fully saturated rings. The quantitative estimate of drug-likeness (QED) is 0.711. The van der Waals surface area contributed by atoms with Gasteiger partial charge < -0.3 is 9.42 Å². The summed E-state index contributed by atoms with van der Waals surface area (Å²) in [6, 6.07) is 0. The Morgan fingerprint density at radius 2 is 2.33 bits per heavy atom. The zero-order valence-corrected chi connectivity index (χ0v) is 9.68. The van der Waals surface area contributed by atoms with Gasteiger partial charge in [-0.1, -0.05) is 28.4 Å². The predicted octanol–water partition coefficient (Wildman–Crippen LogP) is 1.67. The highest BCUT2D eigenvalue weighted by molar-refractivity contribution is 6.53. The number of nitrogens with zero attached hydrogens (tertiary/aromatic N) is 2. The number of rotatable bonds is 1. The van der Waals surface area contributed by atoms with E-state index in [9.17, 15) is 4.79 Å². The fourth-order valence-electron chi connectivity index (χ4n) is 1.71. The zero-order chi connectivity index (χ0) is 11.0. The summed E-state index contributed by atoms with van der Waals surface area (Å²) in [6.45, 7) is 2.92. The van der Waals surface area contributed by atoms with Crippen molar-refractivity contribution in [3.8, 4) is 0 Å². The summed E-state index contributed by atoms with van der Waals surface area (Å²) >= 11 is 11.0. The third-order valence-electron chi connectivity index (χ3n) is 2.53. The van der Waals surface area contributed by atoms with E-state index >= 15 is 0 Å². The van der Waals surface area contributed by atoms with Crippen molar-refractivity contribution < 1.29 is 9.32 Å². The van der Waals surface area contributed by atoms with Crippen molar-refractivity contribution in [1.82, 2.24) is 10.1 Å². The number of aryl methyl sites for hydroxylation is 1. The third-order valence-corrected chi connectivity index (χ3v) is 2.90. The molecule has 1 aromatic heterocycles. The highest BCUT2D eigenvalue weighted by Gasteiger charge is 2.28. The van der Waals surface area contributed by atoms with Crippen molar-refractivity contribution in [3.05, 3.63) is 17.0 Å². The molecule has 0 N–H and O–H groups in total. The summed E-state index contributed by atoms with van der Waals surface area (Å²) in [5.74, 6) is 0.458. The van der Waals surface area contributed by atoms with E-state index in [1.165, 1.54) is 0 Å². The van der Waals surface area contributed by atoms with Gasteiger partial charge in [-0.15, -0.1) is 0 Å². The lowest BCUT2D eigenvalue weighted by Crippen LogP contribution is -2.38. The van der Waals surface area contributed by atoms with Crippen molar-refractivity contribution in [2.24, 2.45) is 0 Å². The van der Waals surface area contributed by atoms with Gasteiger partial charge in [-0.2, -0.15) is 0 Å². The minimum atomic E-state index is -1.00. The molecule has 2 rings (SSSR count). The average Bonchev–Trinajstić information content (AvgIpc) is 2.59. The van der Waals surface area contributed by atoms with Gasteiger partial charge in [0.25, 0.3) is 5.91 Å². The molecule has 1 aliphatic heterocycles. The van der Waals surface area contributed by atoms with Gasteiger partial charge in [0.05, 0.1) is 12.2 Å². The largest absolute Gasteiger partial charge is 0.359 e. The van der Waals surface area contributed by atoms with E-state index in [1.807, 2.05) is 6.92 Å². The molecule has 0 saturated carbocycles. The van der Waals surface area contributed by atoms with Crippen LogP contribution in [0.5, 0.6) is 0 Å². The summed E-state index contributed by atoms with van der Waals surface area (Å²) in [4.78, 5) is 12.1. The summed E-state index contributed by atoms with van der Waals surface area (Å²) in [6.07, 6.45) is 0.747. The van der Waals surface area contributed by atoms with Crippen molar-refractivity contribution >= 4 is 29.1 Å². The molecule has 0 aliphatic carbocycles. The first-order valence-electron chi connectivity index (χ1n) is 4.60. The number of carbonyl (C=O) groups excluding carboxylic acids is 1. The smallest absolute Gasteiger partial charge is 0.256 e. The fourth-order valence-corrected chi connectivity index (χ4v) is 1.98. The standard InChI is InChI=1S/C9H10Cl2N2O2/c1-5-6-2-3-13(9(14)8(10)11)4-7(6)15-12-5/h8H,2-4H2,1H3. The molecular formula is C9H10Cl2N2O2.